The van der Waals surface area contributed by atoms with Gasteiger partial charge in [0.1, 0.15) is 0 Å². The predicted octanol–water partition coefficient (Wildman–Crippen LogP) is 3.86. The van der Waals surface area contributed by atoms with E-state index in [1.165, 1.54) is 23.1 Å². The van der Waals surface area contributed by atoms with Gasteiger partial charge in [0, 0.05) is 5.57 Å². The Labute approximate surface area is 103 Å². The quantitative estimate of drug-likeness (QED) is 0.682. The maximum atomic E-state index is 4.42. The predicted molar refractivity (Wildman–Crippen MR) is 71.7 cm³/mol. The number of nitrogens with zero attached hydrogens (tertiary/aromatic N) is 2. The monoisotopic (exact) mass is 228 g/mol. The molecular formula is C15H20N2. The lowest BCUT2D eigenvalue weighted by atomic mass is 9.99. The van der Waals surface area contributed by atoms with Gasteiger partial charge in [-0.05, 0) is 56.7 Å². The minimum Gasteiger partial charge on any atom is -0.155 e. The Morgan fingerprint density at radius 3 is 2.82 bits per heavy atom. The van der Waals surface area contributed by atoms with E-state index in [9.17, 15) is 0 Å². The number of rotatable bonds is 1. The highest BCUT2D eigenvalue weighted by atomic mass is 15.1. The van der Waals surface area contributed by atoms with Gasteiger partial charge >= 0.3 is 0 Å². The Hall–Kier alpha value is -1.44. The van der Waals surface area contributed by atoms with Crippen LogP contribution in [0.15, 0.2) is 23.8 Å². The molecule has 2 heteroatoms. The van der Waals surface area contributed by atoms with E-state index in [4.69, 9.17) is 0 Å². The van der Waals surface area contributed by atoms with Crippen LogP contribution in [0.4, 0.5) is 0 Å². The lowest BCUT2D eigenvalue weighted by molar-refractivity contribution is 0.826. The van der Waals surface area contributed by atoms with E-state index in [1.807, 2.05) is 6.92 Å². The van der Waals surface area contributed by atoms with Gasteiger partial charge in [-0.3, -0.25) is 0 Å². The molecule has 0 spiro atoms. The Bertz CT molecular complexity index is 470. The normalized spacial score (nSPS) is 20.4. The summed E-state index contributed by atoms with van der Waals surface area (Å²) in [6, 6.07) is 2.18. The van der Waals surface area contributed by atoms with Crippen LogP contribution >= 0.6 is 0 Å². The van der Waals surface area contributed by atoms with Gasteiger partial charge in [-0.25, -0.2) is 0 Å². The molecule has 1 aromatic rings. The fourth-order valence-electron chi connectivity index (χ4n) is 2.45. The van der Waals surface area contributed by atoms with Crippen LogP contribution < -0.4 is 0 Å². The van der Waals surface area contributed by atoms with Crippen LogP contribution in [0.25, 0.3) is 5.57 Å². The van der Waals surface area contributed by atoms with Crippen LogP contribution in [0.3, 0.4) is 0 Å². The Morgan fingerprint density at radius 1 is 1.29 bits per heavy atom. The highest BCUT2D eigenvalue weighted by Gasteiger charge is 2.17. The number of aromatic nitrogens is 2. The summed E-state index contributed by atoms with van der Waals surface area (Å²) in [5.74, 6) is 0. The van der Waals surface area contributed by atoms with Gasteiger partial charge in [-0.15, -0.1) is 5.10 Å². The van der Waals surface area contributed by atoms with E-state index in [-0.39, 0.29) is 0 Å². The summed E-state index contributed by atoms with van der Waals surface area (Å²) in [5, 5.41) is 8.64. The molecule has 0 saturated heterocycles. The Kier molecular flexibility index (Phi) is 3.72. The zero-order chi connectivity index (χ0) is 12.3. The minimum absolute atomic E-state index is 1.02. The van der Waals surface area contributed by atoms with E-state index >= 15 is 0 Å². The van der Waals surface area contributed by atoms with Gasteiger partial charge in [0.15, 0.2) is 0 Å². The first-order valence-electron chi connectivity index (χ1n) is 6.45. The van der Waals surface area contributed by atoms with E-state index < -0.39 is 0 Å². The molecule has 2 rings (SSSR count). The third-order valence-corrected chi connectivity index (χ3v) is 3.25. The topological polar surface area (TPSA) is 25.8 Å². The van der Waals surface area contributed by atoms with Crippen molar-refractivity contribution in [1.29, 1.82) is 0 Å². The van der Waals surface area contributed by atoms with Crippen molar-refractivity contribution < 1.29 is 0 Å². The summed E-state index contributed by atoms with van der Waals surface area (Å²) in [6.45, 7) is 6.30. The van der Waals surface area contributed by atoms with Crippen LogP contribution in [0.2, 0.25) is 0 Å². The first-order chi connectivity index (χ1) is 8.26. The Balaban J connectivity index is 2.57. The van der Waals surface area contributed by atoms with Crippen molar-refractivity contribution >= 4 is 5.57 Å². The van der Waals surface area contributed by atoms with Crippen molar-refractivity contribution in [3.05, 3.63) is 40.7 Å². The lowest BCUT2D eigenvalue weighted by Crippen LogP contribution is -2.00. The van der Waals surface area contributed by atoms with Crippen molar-refractivity contribution in [3.63, 3.8) is 0 Å². The molecule has 0 radical (unpaired) electrons. The number of hydrogen-bond acceptors (Lipinski definition) is 2. The maximum Gasteiger partial charge on any atom is 0.0961 e. The van der Waals surface area contributed by atoms with Crippen LogP contribution in [-0.4, -0.2) is 10.2 Å². The second kappa shape index (κ2) is 5.26. The standard InChI is InChI=1S/C15H20N2/c1-4-7-14-12(5-2)8-6-9-13-10-11(3)16-17-15(13)14/h5,7,10H,4,6,8-9H2,1-3H3/b12-5-,14-7+. The molecule has 0 bridgehead atoms. The molecule has 0 saturated carbocycles. The Morgan fingerprint density at radius 2 is 2.12 bits per heavy atom. The van der Waals surface area contributed by atoms with Crippen LogP contribution in [0, 0.1) is 6.92 Å². The molecule has 0 unspecified atom stereocenters. The second-order valence-corrected chi connectivity index (χ2v) is 4.55. The third-order valence-electron chi connectivity index (χ3n) is 3.25. The van der Waals surface area contributed by atoms with Crippen molar-refractivity contribution in [1.82, 2.24) is 10.2 Å². The zero-order valence-electron chi connectivity index (χ0n) is 11.0. The van der Waals surface area contributed by atoms with Crippen molar-refractivity contribution in [2.45, 2.75) is 46.5 Å². The summed E-state index contributed by atoms with van der Waals surface area (Å²) in [6.07, 6.45) is 9.02. The molecule has 0 atom stereocenters. The molecule has 17 heavy (non-hydrogen) atoms. The molecule has 1 aliphatic rings. The molecule has 0 amide bonds. The first-order valence-corrected chi connectivity index (χ1v) is 6.45. The number of aryl methyl sites for hydroxylation is 2. The third kappa shape index (κ3) is 2.46. The first kappa shape index (κ1) is 12.0. The summed E-state index contributed by atoms with van der Waals surface area (Å²) in [7, 11) is 0. The number of fused-ring (bicyclic) bond motifs is 1. The second-order valence-electron chi connectivity index (χ2n) is 4.55. The SMILES string of the molecule is C/C=C1/CCCc2cc(C)nnc2/C1=C/CC. The van der Waals surface area contributed by atoms with E-state index in [1.54, 1.807) is 0 Å². The molecule has 1 aliphatic carbocycles. The fourth-order valence-corrected chi connectivity index (χ4v) is 2.45. The number of allylic oxidation sites excluding steroid dienone is 4. The molecular weight excluding hydrogens is 208 g/mol. The summed E-state index contributed by atoms with van der Waals surface area (Å²) in [5.41, 5.74) is 6.19. The molecule has 0 fully saturated rings. The zero-order valence-corrected chi connectivity index (χ0v) is 11.0. The molecule has 2 nitrogen and oxygen atoms in total. The largest absolute Gasteiger partial charge is 0.155 e. The van der Waals surface area contributed by atoms with Gasteiger partial charge in [0.2, 0.25) is 0 Å². The maximum absolute atomic E-state index is 4.42. The summed E-state index contributed by atoms with van der Waals surface area (Å²) < 4.78 is 0. The smallest absolute Gasteiger partial charge is 0.0961 e. The fraction of sp³-hybridized carbons (Fsp3) is 0.467. The average Bonchev–Trinajstić information content (AvgIpc) is 2.49. The van der Waals surface area contributed by atoms with E-state index in [0.717, 1.165) is 30.7 Å². The van der Waals surface area contributed by atoms with Crippen LogP contribution in [0.5, 0.6) is 0 Å². The van der Waals surface area contributed by atoms with Crippen LogP contribution in [-0.2, 0) is 6.42 Å². The molecule has 0 aliphatic heterocycles. The molecule has 1 aromatic heterocycles. The van der Waals surface area contributed by atoms with E-state index in [0.29, 0.717) is 0 Å². The highest BCUT2D eigenvalue weighted by molar-refractivity contribution is 5.79. The van der Waals surface area contributed by atoms with Crippen molar-refractivity contribution in [2.75, 3.05) is 0 Å². The van der Waals surface area contributed by atoms with Gasteiger partial charge in [-0.1, -0.05) is 19.1 Å². The van der Waals surface area contributed by atoms with Crippen LogP contribution in [0.1, 0.15) is 50.1 Å². The van der Waals surface area contributed by atoms with Gasteiger partial charge < -0.3 is 0 Å². The molecule has 0 N–H and O–H groups in total. The van der Waals surface area contributed by atoms with Crippen molar-refractivity contribution in [2.24, 2.45) is 0 Å². The summed E-state index contributed by atoms with van der Waals surface area (Å²) in [4.78, 5) is 0. The lowest BCUT2D eigenvalue weighted by Gasteiger charge is -2.09. The summed E-state index contributed by atoms with van der Waals surface area (Å²) >= 11 is 0. The molecule has 90 valence electrons. The van der Waals surface area contributed by atoms with Crippen molar-refractivity contribution in [3.8, 4) is 0 Å². The minimum atomic E-state index is 1.02. The highest BCUT2D eigenvalue weighted by Crippen LogP contribution is 2.32. The van der Waals surface area contributed by atoms with E-state index in [2.05, 4.69) is 42.3 Å². The van der Waals surface area contributed by atoms with Gasteiger partial charge in [-0.2, -0.15) is 5.10 Å². The average molecular weight is 228 g/mol. The van der Waals surface area contributed by atoms with Gasteiger partial charge in [0.05, 0.1) is 11.4 Å². The van der Waals surface area contributed by atoms with Gasteiger partial charge in [0.25, 0.3) is 0 Å². The molecule has 1 heterocycles. The molecule has 0 aromatic carbocycles. The number of hydrogen-bond donors (Lipinski definition) is 0.